The first kappa shape index (κ1) is 10.7. The first-order chi connectivity index (χ1) is 7.56. The third kappa shape index (κ3) is 2.06. The largest absolute Gasteiger partial charge is 0.423 e. The minimum Gasteiger partial charge on any atom is -0.423 e. The molecule has 84 valence electrons. The fourth-order valence-corrected chi connectivity index (χ4v) is 1.72. The molecule has 1 aromatic carbocycles. The maximum absolute atomic E-state index is 11.4. The van der Waals surface area contributed by atoms with Crippen molar-refractivity contribution in [2.24, 2.45) is 0 Å². The highest BCUT2D eigenvalue weighted by molar-refractivity contribution is 5.83. The van der Waals surface area contributed by atoms with Gasteiger partial charge < -0.3 is 15.1 Å². The molecule has 0 unspecified atom stereocenters. The van der Waals surface area contributed by atoms with Crippen molar-refractivity contribution in [3.8, 4) is 0 Å². The summed E-state index contributed by atoms with van der Waals surface area (Å²) in [6.07, 6.45) is 0. The van der Waals surface area contributed by atoms with E-state index in [-0.39, 0.29) is 5.63 Å². The van der Waals surface area contributed by atoms with Gasteiger partial charge in [-0.05, 0) is 37.9 Å². The number of hydrogen-bond acceptors (Lipinski definition) is 4. The summed E-state index contributed by atoms with van der Waals surface area (Å²) in [5.74, 6) is 0. The second-order valence-corrected chi connectivity index (χ2v) is 4.08. The molecule has 2 rings (SSSR count). The zero-order chi connectivity index (χ0) is 11.7. The lowest BCUT2D eigenvalue weighted by Gasteiger charge is -2.11. The molecule has 0 saturated carbocycles. The van der Waals surface area contributed by atoms with Crippen LogP contribution in [0.5, 0.6) is 0 Å². The molecule has 0 radical (unpaired) electrons. The smallest absolute Gasteiger partial charge is 0.336 e. The van der Waals surface area contributed by atoms with Gasteiger partial charge in [0, 0.05) is 23.7 Å². The lowest BCUT2D eigenvalue weighted by Crippen LogP contribution is -2.13. The van der Waals surface area contributed by atoms with Crippen LogP contribution in [-0.2, 0) is 6.54 Å². The fourth-order valence-electron chi connectivity index (χ4n) is 1.72. The number of hydrogen-bond donors (Lipinski definition) is 1. The van der Waals surface area contributed by atoms with E-state index >= 15 is 0 Å². The minimum atomic E-state index is -0.325. The standard InChI is InChI=1S/C12H14N2O2/c1-14(2)7-8-5-12(15)16-11-4-3-9(13)6-10(8)11/h3-6H,7,13H2,1-2H3. The highest BCUT2D eigenvalue weighted by atomic mass is 16.4. The summed E-state index contributed by atoms with van der Waals surface area (Å²) < 4.78 is 5.11. The molecule has 4 heteroatoms. The summed E-state index contributed by atoms with van der Waals surface area (Å²) in [6, 6.07) is 6.80. The van der Waals surface area contributed by atoms with E-state index in [9.17, 15) is 4.79 Å². The van der Waals surface area contributed by atoms with Gasteiger partial charge in [0.1, 0.15) is 5.58 Å². The fraction of sp³-hybridized carbons (Fsp3) is 0.250. The van der Waals surface area contributed by atoms with E-state index in [0.717, 1.165) is 10.9 Å². The number of fused-ring (bicyclic) bond motifs is 1. The van der Waals surface area contributed by atoms with Crippen molar-refractivity contribution in [1.82, 2.24) is 4.90 Å². The van der Waals surface area contributed by atoms with E-state index in [1.807, 2.05) is 25.1 Å². The van der Waals surface area contributed by atoms with Gasteiger partial charge in [-0.15, -0.1) is 0 Å². The Morgan fingerprint density at radius 2 is 2.06 bits per heavy atom. The number of benzene rings is 1. The SMILES string of the molecule is CN(C)Cc1cc(=O)oc2ccc(N)cc12. The molecule has 16 heavy (non-hydrogen) atoms. The highest BCUT2D eigenvalue weighted by Gasteiger charge is 2.06. The van der Waals surface area contributed by atoms with Gasteiger partial charge >= 0.3 is 5.63 Å². The molecule has 0 aliphatic heterocycles. The molecule has 4 nitrogen and oxygen atoms in total. The molecule has 0 fully saturated rings. The summed E-state index contributed by atoms with van der Waals surface area (Å²) in [7, 11) is 3.90. The molecular weight excluding hydrogens is 204 g/mol. The van der Waals surface area contributed by atoms with Gasteiger partial charge in [0.15, 0.2) is 0 Å². The minimum absolute atomic E-state index is 0.325. The van der Waals surface area contributed by atoms with E-state index in [0.29, 0.717) is 17.8 Å². The lowest BCUT2D eigenvalue weighted by atomic mass is 10.1. The lowest BCUT2D eigenvalue weighted by molar-refractivity contribution is 0.402. The predicted molar refractivity (Wildman–Crippen MR) is 64.3 cm³/mol. The average Bonchev–Trinajstić information content (AvgIpc) is 2.18. The first-order valence-electron chi connectivity index (χ1n) is 5.03. The molecule has 0 saturated heterocycles. The number of nitrogen functional groups attached to an aromatic ring is 1. The molecule has 0 amide bonds. The van der Waals surface area contributed by atoms with E-state index in [4.69, 9.17) is 10.2 Å². The van der Waals surface area contributed by atoms with Crippen molar-refractivity contribution in [3.63, 3.8) is 0 Å². The average molecular weight is 218 g/mol. The zero-order valence-electron chi connectivity index (χ0n) is 9.36. The molecule has 0 bridgehead atoms. The predicted octanol–water partition coefficient (Wildman–Crippen LogP) is 1.44. The maximum atomic E-state index is 11.4. The van der Waals surface area contributed by atoms with Crippen LogP contribution in [0.3, 0.4) is 0 Å². The van der Waals surface area contributed by atoms with Crippen LogP contribution in [0.2, 0.25) is 0 Å². The number of nitrogens with zero attached hydrogens (tertiary/aromatic N) is 1. The Morgan fingerprint density at radius 1 is 1.31 bits per heavy atom. The Labute approximate surface area is 93.3 Å². The maximum Gasteiger partial charge on any atom is 0.336 e. The van der Waals surface area contributed by atoms with Crippen LogP contribution in [0.25, 0.3) is 11.0 Å². The van der Waals surface area contributed by atoms with Crippen LogP contribution in [-0.4, -0.2) is 19.0 Å². The first-order valence-corrected chi connectivity index (χ1v) is 5.03. The van der Waals surface area contributed by atoms with Gasteiger partial charge in [0.2, 0.25) is 0 Å². The van der Waals surface area contributed by atoms with Gasteiger partial charge in [-0.25, -0.2) is 4.79 Å². The van der Waals surface area contributed by atoms with Crippen molar-refractivity contribution in [2.75, 3.05) is 19.8 Å². The number of nitrogens with two attached hydrogens (primary N) is 1. The Morgan fingerprint density at radius 3 is 2.75 bits per heavy atom. The van der Waals surface area contributed by atoms with Gasteiger partial charge in [-0.2, -0.15) is 0 Å². The number of rotatable bonds is 2. The third-order valence-electron chi connectivity index (χ3n) is 2.34. The van der Waals surface area contributed by atoms with E-state index in [2.05, 4.69) is 0 Å². The third-order valence-corrected chi connectivity index (χ3v) is 2.34. The summed E-state index contributed by atoms with van der Waals surface area (Å²) in [6.45, 7) is 0.686. The van der Waals surface area contributed by atoms with Crippen molar-refractivity contribution >= 4 is 16.7 Å². The molecule has 1 aromatic heterocycles. The van der Waals surface area contributed by atoms with Gasteiger partial charge in [-0.1, -0.05) is 0 Å². The van der Waals surface area contributed by atoms with Crippen LogP contribution in [0.15, 0.2) is 33.5 Å². The Hall–Kier alpha value is -1.81. The molecule has 2 N–H and O–H groups in total. The second kappa shape index (κ2) is 3.98. The van der Waals surface area contributed by atoms with Crippen LogP contribution in [0.4, 0.5) is 5.69 Å². The van der Waals surface area contributed by atoms with Crippen LogP contribution >= 0.6 is 0 Å². The molecule has 0 aliphatic carbocycles. The Balaban J connectivity index is 2.69. The van der Waals surface area contributed by atoms with Crippen LogP contribution < -0.4 is 11.4 Å². The van der Waals surface area contributed by atoms with Crippen molar-refractivity contribution in [3.05, 3.63) is 40.2 Å². The Bertz CT molecular complexity index is 573. The van der Waals surface area contributed by atoms with E-state index in [1.165, 1.54) is 6.07 Å². The highest BCUT2D eigenvalue weighted by Crippen LogP contribution is 2.20. The molecule has 2 aromatic rings. The normalized spacial score (nSPS) is 11.2. The Kier molecular flexibility index (Phi) is 2.66. The monoisotopic (exact) mass is 218 g/mol. The molecule has 0 spiro atoms. The summed E-state index contributed by atoms with van der Waals surface area (Å²) >= 11 is 0. The quantitative estimate of drug-likeness (QED) is 0.612. The van der Waals surface area contributed by atoms with Crippen molar-refractivity contribution < 1.29 is 4.42 Å². The van der Waals surface area contributed by atoms with Crippen molar-refractivity contribution in [2.45, 2.75) is 6.54 Å². The van der Waals surface area contributed by atoms with Gasteiger partial charge in [0.05, 0.1) is 0 Å². The van der Waals surface area contributed by atoms with Gasteiger partial charge in [-0.3, -0.25) is 0 Å². The topological polar surface area (TPSA) is 59.5 Å². The zero-order valence-corrected chi connectivity index (χ0v) is 9.36. The summed E-state index contributed by atoms with van der Waals surface area (Å²) in [5.41, 5.74) is 7.59. The van der Waals surface area contributed by atoms with Gasteiger partial charge in [0.25, 0.3) is 0 Å². The van der Waals surface area contributed by atoms with E-state index in [1.54, 1.807) is 12.1 Å². The molecule has 0 aliphatic rings. The number of anilines is 1. The molecule has 1 heterocycles. The summed E-state index contributed by atoms with van der Waals surface area (Å²) in [5, 5.41) is 0.897. The van der Waals surface area contributed by atoms with Crippen LogP contribution in [0, 0.1) is 0 Å². The second-order valence-electron chi connectivity index (χ2n) is 4.08. The van der Waals surface area contributed by atoms with Crippen LogP contribution in [0.1, 0.15) is 5.56 Å². The van der Waals surface area contributed by atoms with Crippen molar-refractivity contribution in [1.29, 1.82) is 0 Å². The molecular formula is C12H14N2O2. The molecule has 0 atom stereocenters. The summed E-state index contributed by atoms with van der Waals surface area (Å²) in [4.78, 5) is 13.4. The van der Waals surface area contributed by atoms with E-state index < -0.39 is 0 Å².